The average molecular weight is 276 g/mol. The van der Waals surface area contributed by atoms with E-state index in [0.717, 1.165) is 12.0 Å². The van der Waals surface area contributed by atoms with E-state index in [9.17, 15) is 14.7 Å². The van der Waals surface area contributed by atoms with Crippen LogP contribution < -0.4 is 5.32 Å². The van der Waals surface area contributed by atoms with Crippen LogP contribution in [-0.2, 0) is 4.79 Å². The standard InChI is InChI=1S/C15H20N2O3/c1-10-8-9-17(13(10)14(18)19)15(20)16-11(2)12-6-4-3-5-7-12/h3-7,10-11,13H,8-9H2,1-2H3,(H,16,20)(H,18,19). The Balaban J connectivity index is 2.03. The lowest BCUT2D eigenvalue weighted by atomic mass is 10.0. The van der Waals surface area contributed by atoms with Gasteiger partial charge >= 0.3 is 12.0 Å². The minimum absolute atomic E-state index is 0.00900. The van der Waals surface area contributed by atoms with E-state index in [4.69, 9.17) is 0 Å². The van der Waals surface area contributed by atoms with E-state index in [-0.39, 0.29) is 18.0 Å². The van der Waals surface area contributed by atoms with Crippen molar-refractivity contribution in [2.75, 3.05) is 6.54 Å². The molecule has 5 nitrogen and oxygen atoms in total. The van der Waals surface area contributed by atoms with Gasteiger partial charge in [-0.25, -0.2) is 9.59 Å². The number of nitrogens with zero attached hydrogens (tertiary/aromatic N) is 1. The number of carbonyl (C=O) groups is 2. The topological polar surface area (TPSA) is 69.6 Å². The van der Waals surface area contributed by atoms with Crippen LogP contribution in [0.15, 0.2) is 30.3 Å². The molecule has 108 valence electrons. The molecule has 3 atom stereocenters. The molecular weight excluding hydrogens is 256 g/mol. The molecule has 1 heterocycles. The number of nitrogens with one attached hydrogen (secondary N) is 1. The van der Waals surface area contributed by atoms with Crippen LogP contribution in [-0.4, -0.2) is 34.6 Å². The van der Waals surface area contributed by atoms with Gasteiger partial charge in [0.1, 0.15) is 6.04 Å². The third-order valence-corrected chi connectivity index (χ3v) is 3.85. The molecule has 1 aromatic carbocycles. The number of hydrogen-bond donors (Lipinski definition) is 2. The third-order valence-electron chi connectivity index (χ3n) is 3.85. The molecule has 1 aromatic rings. The van der Waals surface area contributed by atoms with E-state index < -0.39 is 12.0 Å². The minimum atomic E-state index is -0.933. The zero-order valence-corrected chi connectivity index (χ0v) is 11.7. The van der Waals surface area contributed by atoms with Gasteiger partial charge in [-0.3, -0.25) is 0 Å². The number of hydrogen-bond acceptors (Lipinski definition) is 2. The Morgan fingerprint density at radius 2 is 2.00 bits per heavy atom. The fourth-order valence-electron chi connectivity index (χ4n) is 2.64. The molecule has 0 saturated carbocycles. The van der Waals surface area contributed by atoms with Crippen molar-refractivity contribution < 1.29 is 14.7 Å². The van der Waals surface area contributed by atoms with E-state index in [1.165, 1.54) is 4.90 Å². The van der Waals surface area contributed by atoms with Crippen molar-refractivity contribution >= 4 is 12.0 Å². The summed E-state index contributed by atoms with van der Waals surface area (Å²) in [5, 5.41) is 12.1. The van der Waals surface area contributed by atoms with Crippen molar-refractivity contribution in [2.45, 2.75) is 32.4 Å². The lowest BCUT2D eigenvalue weighted by Crippen LogP contribution is -2.48. The molecule has 3 unspecified atom stereocenters. The van der Waals surface area contributed by atoms with Crippen LogP contribution in [0, 0.1) is 5.92 Å². The summed E-state index contributed by atoms with van der Waals surface area (Å²) < 4.78 is 0. The number of carboxylic acids is 1. The molecule has 0 spiro atoms. The summed E-state index contributed by atoms with van der Waals surface area (Å²) >= 11 is 0. The molecule has 1 fully saturated rings. The lowest BCUT2D eigenvalue weighted by Gasteiger charge is -2.25. The zero-order chi connectivity index (χ0) is 14.7. The summed E-state index contributed by atoms with van der Waals surface area (Å²) in [4.78, 5) is 24.9. The van der Waals surface area contributed by atoms with Gasteiger partial charge in [0.15, 0.2) is 0 Å². The Labute approximate surface area is 118 Å². The van der Waals surface area contributed by atoms with E-state index in [2.05, 4.69) is 5.32 Å². The molecule has 1 saturated heterocycles. The Morgan fingerprint density at radius 1 is 1.35 bits per heavy atom. The van der Waals surface area contributed by atoms with Crippen LogP contribution in [0.25, 0.3) is 0 Å². The molecule has 2 N–H and O–H groups in total. The first-order valence-electron chi connectivity index (χ1n) is 6.85. The van der Waals surface area contributed by atoms with Gasteiger partial charge in [-0.05, 0) is 24.8 Å². The van der Waals surface area contributed by atoms with E-state index in [1.807, 2.05) is 44.2 Å². The quantitative estimate of drug-likeness (QED) is 0.889. The van der Waals surface area contributed by atoms with Gasteiger partial charge in [0.25, 0.3) is 0 Å². The average Bonchev–Trinajstić information content (AvgIpc) is 2.81. The SMILES string of the molecule is CC(NC(=O)N1CCC(C)C1C(=O)O)c1ccccc1. The molecule has 2 rings (SSSR count). The molecule has 1 aliphatic rings. The normalized spacial score (nSPS) is 23.4. The molecule has 0 aromatic heterocycles. The van der Waals surface area contributed by atoms with Gasteiger partial charge in [-0.15, -0.1) is 0 Å². The molecule has 2 amide bonds. The number of likely N-dealkylation sites (tertiary alicyclic amines) is 1. The highest BCUT2D eigenvalue weighted by molar-refractivity contribution is 5.83. The molecule has 0 aliphatic carbocycles. The predicted molar refractivity (Wildman–Crippen MR) is 75.3 cm³/mol. The van der Waals surface area contributed by atoms with Crippen LogP contribution in [0.1, 0.15) is 31.9 Å². The predicted octanol–water partition coefficient (Wildman–Crippen LogP) is 2.25. The maximum atomic E-state index is 12.2. The van der Waals surface area contributed by atoms with Gasteiger partial charge < -0.3 is 15.3 Å². The van der Waals surface area contributed by atoms with E-state index in [1.54, 1.807) is 0 Å². The number of urea groups is 1. The number of aliphatic carboxylic acids is 1. The van der Waals surface area contributed by atoms with Gasteiger partial charge in [-0.1, -0.05) is 37.3 Å². The zero-order valence-electron chi connectivity index (χ0n) is 11.7. The summed E-state index contributed by atoms with van der Waals surface area (Å²) in [5.74, 6) is -0.942. The molecule has 1 aliphatic heterocycles. The smallest absolute Gasteiger partial charge is 0.326 e. The van der Waals surface area contributed by atoms with E-state index in [0.29, 0.717) is 6.54 Å². The molecular formula is C15H20N2O3. The monoisotopic (exact) mass is 276 g/mol. The molecule has 5 heteroatoms. The maximum absolute atomic E-state index is 12.2. The highest BCUT2D eigenvalue weighted by Gasteiger charge is 2.39. The molecule has 20 heavy (non-hydrogen) atoms. The van der Waals surface area contributed by atoms with Gasteiger partial charge in [0.05, 0.1) is 6.04 Å². The maximum Gasteiger partial charge on any atom is 0.326 e. The van der Waals surface area contributed by atoms with Gasteiger partial charge in [0, 0.05) is 6.54 Å². The van der Waals surface area contributed by atoms with Gasteiger partial charge in [-0.2, -0.15) is 0 Å². The summed E-state index contributed by atoms with van der Waals surface area (Å²) in [6.07, 6.45) is 0.726. The minimum Gasteiger partial charge on any atom is -0.480 e. The number of benzene rings is 1. The van der Waals surface area contributed by atoms with Crippen molar-refractivity contribution in [1.82, 2.24) is 10.2 Å². The van der Waals surface area contributed by atoms with Crippen molar-refractivity contribution in [3.05, 3.63) is 35.9 Å². The third kappa shape index (κ3) is 2.92. The summed E-state index contributed by atoms with van der Waals surface area (Å²) in [6.45, 7) is 4.25. The summed E-state index contributed by atoms with van der Waals surface area (Å²) in [5.41, 5.74) is 1.000. The second-order valence-corrected chi connectivity index (χ2v) is 5.32. The molecule has 0 bridgehead atoms. The number of carbonyl (C=O) groups excluding carboxylic acids is 1. The number of carboxylic acid groups (broad SMARTS) is 1. The van der Waals surface area contributed by atoms with Crippen LogP contribution in [0.4, 0.5) is 4.79 Å². The Bertz CT molecular complexity index is 489. The second-order valence-electron chi connectivity index (χ2n) is 5.32. The Hall–Kier alpha value is -2.04. The summed E-state index contributed by atoms with van der Waals surface area (Å²) in [6, 6.07) is 8.44. The summed E-state index contributed by atoms with van der Waals surface area (Å²) in [7, 11) is 0. The molecule has 0 radical (unpaired) electrons. The largest absolute Gasteiger partial charge is 0.480 e. The van der Waals surface area contributed by atoms with Crippen molar-refractivity contribution in [3.8, 4) is 0 Å². The lowest BCUT2D eigenvalue weighted by molar-refractivity contribution is -0.142. The highest BCUT2D eigenvalue weighted by atomic mass is 16.4. The first-order chi connectivity index (χ1) is 9.50. The van der Waals surface area contributed by atoms with Crippen LogP contribution in [0.2, 0.25) is 0 Å². The number of rotatable bonds is 3. The first-order valence-corrected chi connectivity index (χ1v) is 6.85. The van der Waals surface area contributed by atoms with Crippen LogP contribution in [0.5, 0.6) is 0 Å². The first kappa shape index (κ1) is 14.4. The van der Waals surface area contributed by atoms with Gasteiger partial charge in [0.2, 0.25) is 0 Å². The Morgan fingerprint density at radius 3 is 2.60 bits per heavy atom. The number of amides is 2. The van der Waals surface area contributed by atoms with Crippen LogP contribution >= 0.6 is 0 Å². The Kier molecular flexibility index (Phi) is 4.27. The van der Waals surface area contributed by atoms with Crippen molar-refractivity contribution in [1.29, 1.82) is 0 Å². The fraction of sp³-hybridized carbons (Fsp3) is 0.467. The van der Waals surface area contributed by atoms with Crippen molar-refractivity contribution in [2.24, 2.45) is 5.92 Å². The highest BCUT2D eigenvalue weighted by Crippen LogP contribution is 2.24. The fourth-order valence-corrected chi connectivity index (χ4v) is 2.64. The van der Waals surface area contributed by atoms with Crippen molar-refractivity contribution in [3.63, 3.8) is 0 Å². The van der Waals surface area contributed by atoms with E-state index >= 15 is 0 Å². The van der Waals surface area contributed by atoms with Crippen LogP contribution in [0.3, 0.4) is 0 Å². The second kappa shape index (κ2) is 5.94.